The van der Waals surface area contributed by atoms with Crippen LogP contribution in [0.3, 0.4) is 0 Å². The number of aromatic nitrogens is 2. The van der Waals surface area contributed by atoms with E-state index in [-0.39, 0.29) is 5.56 Å². The monoisotopic (exact) mass is 407 g/mol. The quantitative estimate of drug-likeness (QED) is 0.445. The molecule has 0 saturated carbocycles. The summed E-state index contributed by atoms with van der Waals surface area (Å²) in [6.07, 6.45) is 3.43. The number of carboxylic acids is 1. The van der Waals surface area contributed by atoms with E-state index in [9.17, 15) is 9.59 Å². The first-order valence-corrected chi connectivity index (χ1v) is 9.79. The van der Waals surface area contributed by atoms with Crippen LogP contribution in [-0.2, 0) is 4.79 Å². The fourth-order valence-corrected chi connectivity index (χ4v) is 3.41. The molecule has 0 atom stereocenters. The predicted octanol–water partition coefficient (Wildman–Crippen LogP) is 3.67. The Labute approximate surface area is 173 Å². The molecule has 154 valence electrons. The van der Waals surface area contributed by atoms with Gasteiger partial charge in [-0.25, -0.2) is 4.79 Å². The number of carbonyl (C=O) groups is 2. The highest BCUT2D eigenvalue weighted by molar-refractivity contribution is 5.88. The molecule has 0 spiro atoms. The summed E-state index contributed by atoms with van der Waals surface area (Å²) in [5.74, 6) is 0.497. The van der Waals surface area contributed by atoms with Crippen molar-refractivity contribution >= 4 is 17.9 Å². The molecule has 8 nitrogen and oxygen atoms in total. The first kappa shape index (κ1) is 19.6. The molecule has 0 bridgehead atoms. The molecule has 1 aromatic heterocycles. The van der Waals surface area contributed by atoms with Crippen molar-refractivity contribution in [1.82, 2.24) is 10.1 Å². The summed E-state index contributed by atoms with van der Waals surface area (Å²) in [7, 11) is 0. The Hall–Kier alpha value is -3.68. The van der Waals surface area contributed by atoms with Crippen LogP contribution in [0.15, 0.2) is 47.0 Å². The van der Waals surface area contributed by atoms with Crippen molar-refractivity contribution in [2.24, 2.45) is 0 Å². The van der Waals surface area contributed by atoms with Crippen LogP contribution in [-0.4, -0.2) is 47.2 Å². The first-order valence-electron chi connectivity index (χ1n) is 9.79. The minimum absolute atomic E-state index is 0.193. The van der Waals surface area contributed by atoms with Gasteiger partial charge >= 0.3 is 5.97 Å². The third kappa shape index (κ3) is 4.17. The van der Waals surface area contributed by atoms with Gasteiger partial charge in [0.25, 0.3) is 5.89 Å². The second-order valence-corrected chi connectivity index (χ2v) is 6.99. The largest absolute Gasteiger partial charge is 0.491 e. The lowest BCUT2D eigenvalue weighted by molar-refractivity contribution is -0.108. The average Bonchev–Trinajstić information content (AvgIpc) is 3.47. The summed E-state index contributed by atoms with van der Waals surface area (Å²) in [5.41, 5.74) is 2.58. The van der Waals surface area contributed by atoms with E-state index in [1.807, 2.05) is 18.2 Å². The number of aldehydes is 1. The van der Waals surface area contributed by atoms with Crippen molar-refractivity contribution in [3.63, 3.8) is 0 Å². The van der Waals surface area contributed by atoms with Gasteiger partial charge in [0, 0.05) is 30.6 Å². The van der Waals surface area contributed by atoms with Crippen LogP contribution in [0, 0.1) is 0 Å². The normalized spacial score (nSPS) is 13.4. The molecule has 0 aliphatic carbocycles. The number of aromatic carboxylic acids is 1. The zero-order valence-electron chi connectivity index (χ0n) is 16.3. The molecule has 1 aliphatic rings. The lowest BCUT2D eigenvalue weighted by Gasteiger charge is -2.21. The summed E-state index contributed by atoms with van der Waals surface area (Å²) >= 11 is 0. The first-order chi connectivity index (χ1) is 14.7. The highest BCUT2D eigenvalue weighted by Gasteiger charge is 2.19. The van der Waals surface area contributed by atoms with Crippen LogP contribution >= 0.6 is 0 Å². The number of nitrogens with zero attached hydrogens (tertiary/aromatic N) is 3. The number of rotatable bonds is 8. The van der Waals surface area contributed by atoms with Gasteiger partial charge in [-0.1, -0.05) is 5.16 Å². The summed E-state index contributed by atoms with van der Waals surface area (Å²) in [5, 5.41) is 13.1. The molecule has 1 aliphatic heterocycles. The van der Waals surface area contributed by atoms with Gasteiger partial charge in [0.05, 0.1) is 17.9 Å². The van der Waals surface area contributed by atoms with Crippen LogP contribution < -0.4 is 9.64 Å². The van der Waals surface area contributed by atoms with Gasteiger partial charge in [0.2, 0.25) is 5.82 Å². The third-order valence-corrected chi connectivity index (χ3v) is 4.96. The highest BCUT2D eigenvalue weighted by Crippen LogP contribution is 2.35. The minimum atomic E-state index is -0.988. The molecule has 0 unspecified atom stereocenters. The minimum Gasteiger partial charge on any atom is -0.491 e. The molecule has 2 heterocycles. The number of anilines is 1. The highest BCUT2D eigenvalue weighted by atomic mass is 16.5. The SMILES string of the molecule is O=CCCOc1ccc(-c2noc(-c3ccc(C(=O)O)cc3)n2)cc1N1CCCC1. The molecular formula is C22H21N3O5. The maximum absolute atomic E-state index is 11.0. The van der Waals surface area contributed by atoms with E-state index in [1.165, 1.54) is 12.1 Å². The van der Waals surface area contributed by atoms with Gasteiger partial charge < -0.3 is 24.1 Å². The molecule has 8 heteroatoms. The molecule has 2 aromatic carbocycles. The Kier molecular flexibility index (Phi) is 5.74. The number of carbonyl (C=O) groups excluding carboxylic acids is 1. The van der Waals surface area contributed by atoms with E-state index < -0.39 is 5.97 Å². The van der Waals surface area contributed by atoms with Crippen LogP contribution in [0.4, 0.5) is 5.69 Å². The summed E-state index contributed by atoms with van der Waals surface area (Å²) in [4.78, 5) is 28.3. The zero-order valence-corrected chi connectivity index (χ0v) is 16.3. The summed E-state index contributed by atoms with van der Waals surface area (Å²) in [6, 6.07) is 12.0. The van der Waals surface area contributed by atoms with Crippen molar-refractivity contribution < 1.29 is 24.0 Å². The second kappa shape index (κ2) is 8.77. The topological polar surface area (TPSA) is 106 Å². The molecule has 30 heavy (non-hydrogen) atoms. The lowest BCUT2D eigenvalue weighted by Crippen LogP contribution is -2.19. The van der Waals surface area contributed by atoms with E-state index in [2.05, 4.69) is 15.0 Å². The van der Waals surface area contributed by atoms with E-state index in [0.717, 1.165) is 49.2 Å². The Morgan fingerprint density at radius 2 is 1.87 bits per heavy atom. The van der Waals surface area contributed by atoms with Gasteiger partial charge in [0.1, 0.15) is 12.0 Å². The van der Waals surface area contributed by atoms with Crippen molar-refractivity contribution in [2.75, 3.05) is 24.6 Å². The fraction of sp³-hybridized carbons (Fsp3) is 0.273. The number of ether oxygens (including phenoxy) is 1. The Balaban J connectivity index is 1.61. The molecular weight excluding hydrogens is 386 g/mol. The fourth-order valence-electron chi connectivity index (χ4n) is 3.41. The van der Waals surface area contributed by atoms with E-state index >= 15 is 0 Å². The number of benzene rings is 2. The average molecular weight is 407 g/mol. The molecule has 1 N–H and O–H groups in total. The number of hydrogen-bond donors (Lipinski definition) is 1. The van der Waals surface area contributed by atoms with E-state index in [4.69, 9.17) is 14.4 Å². The molecule has 1 fully saturated rings. The van der Waals surface area contributed by atoms with Crippen molar-refractivity contribution in [2.45, 2.75) is 19.3 Å². The van der Waals surface area contributed by atoms with Crippen LogP contribution in [0.2, 0.25) is 0 Å². The standard InChI is InChI=1S/C22H21N3O5/c26-12-3-13-29-19-9-8-17(14-18(19)25-10-1-2-11-25)20-23-21(30-24-20)15-4-6-16(7-5-15)22(27)28/h4-9,12,14H,1-3,10-11,13H2,(H,27,28). The maximum atomic E-state index is 11.0. The van der Waals surface area contributed by atoms with Crippen LogP contribution in [0.1, 0.15) is 29.6 Å². The van der Waals surface area contributed by atoms with Gasteiger partial charge in [-0.3, -0.25) is 0 Å². The van der Waals surface area contributed by atoms with E-state index in [0.29, 0.717) is 30.3 Å². The van der Waals surface area contributed by atoms with Gasteiger partial charge in [0.15, 0.2) is 0 Å². The maximum Gasteiger partial charge on any atom is 0.335 e. The zero-order chi connectivity index (χ0) is 20.9. The Morgan fingerprint density at radius 3 is 2.57 bits per heavy atom. The Bertz CT molecular complexity index is 1040. The van der Waals surface area contributed by atoms with Gasteiger partial charge in [-0.05, 0) is 55.3 Å². The van der Waals surface area contributed by atoms with Crippen molar-refractivity contribution in [1.29, 1.82) is 0 Å². The third-order valence-electron chi connectivity index (χ3n) is 4.96. The second-order valence-electron chi connectivity index (χ2n) is 6.99. The van der Waals surface area contributed by atoms with Gasteiger partial charge in [-0.15, -0.1) is 0 Å². The smallest absolute Gasteiger partial charge is 0.335 e. The molecule has 0 amide bonds. The van der Waals surface area contributed by atoms with Crippen molar-refractivity contribution in [3.8, 4) is 28.6 Å². The molecule has 1 saturated heterocycles. The van der Waals surface area contributed by atoms with Crippen molar-refractivity contribution in [3.05, 3.63) is 48.0 Å². The summed E-state index contributed by atoms with van der Waals surface area (Å²) < 4.78 is 11.2. The van der Waals surface area contributed by atoms with E-state index in [1.54, 1.807) is 12.1 Å². The van der Waals surface area contributed by atoms with Gasteiger partial charge in [-0.2, -0.15) is 4.98 Å². The predicted molar refractivity (Wildman–Crippen MR) is 110 cm³/mol. The Morgan fingerprint density at radius 1 is 1.13 bits per heavy atom. The van der Waals surface area contributed by atoms with Crippen LogP contribution in [0.25, 0.3) is 22.8 Å². The molecule has 0 radical (unpaired) electrons. The summed E-state index contributed by atoms with van der Waals surface area (Å²) in [6.45, 7) is 2.23. The molecule has 4 rings (SSSR count). The number of hydrogen-bond acceptors (Lipinski definition) is 7. The number of carboxylic acid groups (broad SMARTS) is 1. The van der Waals surface area contributed by atoms with Crippen LogP contribution in [0.5, 0.6) is 5.75 Å². The lowest BCUT2D eigenvalue weighted by atomic mass is 10.1. The molecule has 3 aromatic rings.